The van der Waals surface area contributed by atoms with Crippen molar-refractivity contribution in [1.82, 2.24) is 15.2 Å². The number of pyridine rings is 1. The van der Waals surface area contributed by atoms with Crippen molar-refractivity contribution in [2.24, 2.45) is 0 Å². The molecule has 39 heavy (non-hydrogen) atoms. The van der Waals surface area contributed by atoms with Crippen LogP contribution in [-0.2, 0) is 25.7 Å². The Balaban J connectivity index is 1.34. The second-order valence-electron chi connectivity index (χ2n) is 9.24. The fraction of sp³-hybridized carbons (Fsp3) is 0.310. The molecule has 3 N–H and O–H groups in total. The molecule has 2 aromatic carbocycles. The number of carbonyl (C=O) groups is 3. The van der Waals surface area contributed by atoms with E-state index in [1.165, 1.54) is 0 Å². The van der Waals surface area contributed by atoms with Crippen molar-refractivity contribution in [3.63, 3.8) is 0 Å². The Morgan fingerprint density at radius 2 is 1.72 bits per heavy atom. The van der Waals surface area contributed by atoms with Crippen LogP contribution in [0.1, 0.15) is 30.0 Å². The van der Waals surface area contributed by atoms with Crippen LogP contribution in [0.25, 0.3) is 0 Å². The number of aliphatic carboxylic acids is 1. The van der Waals surface area contributed by atoms with Crippen molar-refractivity contribution in [3.05, 3.63) is 96.2 Å². The molecular formula is C29H32N4O6. The largest absolute Gasteiger partial charge is 0.481 e. The first kappa shape index (κ1) is 27.6. The Bertz CT molecular complexity index is 1210. The third kappa shape index (κ3) is 8.54. The number of nitrogens with one attached hydrogen (secondary N) is 2. The van der Waals surface area contributed by atoms with Crippen molar-refractivity contribution in [3.8, 4) is 0 Å². The highest BCUT2D eigenvalue weighted by atomic mass is 16.6. The van der Waals surface area contributed by atoms with Gasteiger partial charge in [-0.15, -0.1) is 0 Å². The van der Waals surface area contributed by atoms with Crippen molar-refractivity contribution in [2.45, 2.75) is 37.6 Å². The van der Waals surface area contributed by atoms with Crippen molar-refractivity contribution in [1.29, 1.82) is 0 Å². The topological polar surface area (TPSA) is 130 Å². The highest BCUT2D eigenvalue weighted by molar-refractivity contribution is 5.79. The van der Waals surface area contributed by atoms with E-state index in [-0.39, 0.29) is 32.2 Å². The number of carboxylic acids is 1. The van der Waals surface area contributed by atoms with Gasteiger partial charge >= 0.3 is 12.1 Å². The molecular weight excluding hydrogens is 500 g/mol. The maximum absolute atomic E-state index is 13.0. The number of carboxylic acid groups (broad SMARTS) is 1. The van der Waals surface area contributed by atoms with Gasteiger partial charge in [-0.2, -0.15) is 0 Å². The SMILES string of the molecule is O=C(O)C[C@@H](NC(=O)CO[C@@H]1C[C@@H](CNc2ccccn2)N(C(=O)OCc2ccccc2)C1)c1ccccc1. The molecule has 4 rings (SSSR count). The summed E-state index contributed by atoms with van der Waals surface area (Å²) < 4.78 is 11.4. The first-order chi connectivity index (χ1) is 19.0. The second-order valence-corrected chi connectivity index (χ2v) is 9.24. The average Bonchev–Trinajstić information content (AvgIpc) is 3.38. The summed E-state index contributed by atoms with van der Waals surface area (Å²) in [5.41, 5.74) is 1.58. The molecule has 1 aliphatic rings. The van der Waals surface area contributed by atoms with Gasteiger partial charge in [0.25, 0.3) is 0 Å². The monoisotopic (exact) mass is 532 g/mol. The van der Waals surface area contributed by atoms with E-state index < -0.39 is 30.1 Å². The number of likely N-dealkylation sites (tertiary alicyclic amines) is 1. The zero-order valence-corrected chi connectivity index (χ0v) is 21.4. The third-order valence-corrected chi connectivity index (χ3v) is 6.37. The van der Waals surface area contributed by atoms with Gasteiger partial charge in [-0.05, 0) is 29.7 Å². The first-order valence-electron chi connectivity index (χ1n) is 12.8. The highest BCUT2D eigenvalue weighted by Crippen LogP contribution is 2.23. The van der Waals surface area contributed by atoms with Crippen LogP contribution in [0.5, 0.6) is 0 Å². The van der Waals surface area contributed by atoms with Gasteiger partial charge in [-0.1, -0.05) is 66.7 Å². The zero-order chi connectivity index (χ0) is 27.5. The summed E-state index contributed by atoms with van der Waals surface area (Å²) in [6, 6.07) is 23.0. The van der Waals surface area contributed by atoms with E-state index in [9.17, 15) is 19.5 Å². The normalized spacial score (nSPS) is 17.3. The maximum atomic E-state index is 13.0. The Kier molecular flexibility index (Phi) is 9.85. The van der Waals surface area contributed by atoms with Crippen molar-refractivity contribution < 1.29 is 29.0 Å². The molecule has 0 spiro atoms. The van der Waals surface area contributed by atoms with Crippen LogP contribution >= 0.6 is 0 Å². The van der Waals surface area contributed by atoms with E-state index in [1.54, 1.807) is 35.4 Å². The summed E-state index contributed by atoms with van der Waals surface area (Å²) in [5.74, 6) is -0.767. The molecule has 2 heterocycles. The molecule has 3 aromatic rings. The molecule has 0 bridgehead atoms. The number of nitrogens with zero attached hydrogens (tertiary/aromatic N) is 2. The number of ether oxygens (including phenoxy) is 2. The lowest BCUT2D eigenvalue weighted by Crippen LogP contribution is -2.40. The number of rotatable bonds is 12. The van der Waals surface area contributed by atoms with Crippen LogP contribution in [0.2, 0.25) is 0 Å². The molecule has 1 saturated heterocycles. The van der Waals surface area contributed by atoms with Crippen molar-refractivity contribution in [2.75, 3.05) is 25.0 Å². The Morgan fingerprint density at radius 3 is 2.41 bits per heavy atom. The molecule has 0 unspecified atom stereocenters. The van der Waals surface area contributed by atoms with Crippen LogP contribution < -0.4 is 10.6 Å². The predicted molar refractivity (Wildman–Crippen MR) is 144 cm³/mol. The van der Waals surface area contributed by atoms with Gasteiger partial charge in [-0.3, -0.25) is 9.59 Å². The summed E-state index contributed by atoms with van der Waals surface area (Å²) in [6.45, 7) is 0.570. The van der Waals surface area contributed by atoms with Crippen molar-refractivity contribution >= 4 is 23.8 Å². The van der Waals surface area contributed by atoms with Gasteiger partial charge in [0.15, 0.2) is 0 Å². The van der Waals surface area contributed by atoms with Crippen LogP contribution in [0, 0.1) is 0 Å². The molecule has 0 aliphatic carbocycles. The van der Waals surface area contributed by atoms with Crippen LogP contribution in [-0.4, -0.2) is 64.8 Å². The van der Waals surface area contributed by atoms with E-state index in [2.05, 4.69) is 15.6 Å². The number of hydrogen-bond acceptors (Lipinski definition) is 7. The summed E-state index contributed by atoms with van der Waals surface area (Å²) in [5, 5.41) is 15.3. The average molecular weight is 533 g/mol. The molecule has 0 radical (unpaired) electrons. The molecule has 1 aromatic heterocycles. The van der Waals surface area contributed by atoms with Gasteiger partial charge in [-0.25, -0.2) is 9.78 Å². The molecule has 1 fully saturated rings. The van der Waals surface area contributed by atoms with E-state index in [4.69, 9.17) is 9.47 Å². The van der Waals surface area contributed by atoms with Crippen LogP contribution in [0.3, 0.4) is 0 Å². The quantitative estimate of drug-likeness (QED) is 0.323. The van der Waals surface area contributed by atoms with E-state index in [0.29, 0.717) is 24.3 Å². The van der Waals surface area contributed by atoms with Gasteiger partial charge in [0.2, 0.25) is 5.91 Å². The second kappa shape index (κ2) is 13.9. The Morgan fingerprint density at radius 1 is 1.00 bits per heavy atom. The number of hydrogen-bond donors (Lipinski definition) is 3. The zero-order valence-electron chi connectivity index (χ0n) is 21.4. The minimum atomic E-state index is -1.02. The molecule has 0 saturated carbocycles. The Labute approximate surface area is 227 Å². The molecule has 1 aliphatic heterocycles. The van der Waals surface area contributed by atoms with E-state index in [0.717, 1.165) is 5.56 Å². The number of benzene rings is 2. The molecule has 10 nitrogen and oxygen atoms in total. The fourth-order valence-electron chi connectivity index (χ4n) is 4.45. The predicted octanol–water partition coefficient (Wildman–Crippen LogP) is 3.62. The summed E-state index contributed by atoms with van der Waals surface area (Å²) in [4.78, 5) is 42.9. The molecule has 3 atom stereocenters. The minimum Gasteiger partial charge on any atom is -0.481 e. The highest BCUT2D eigenvalue weighted by Gasteiger charge is 2.37. The molecule has 204 valence electrons. The maximum Gasteiger partial charge on any atom is 0.410 e. The number of aromatic nitrogens is 1. The number of carbonyl (C=O) groups excluding carboxylic acids is 2. The summed E-state index contributed by atoms with van der Waals surface area (Å²) >= 11 is 0. The molecule has 10 heteroatoms. The smallest absolute Gasteiger partial charge is 0.410 e. The summed E-state index contributed by atoms with van der Waals surface area (Å²) in [7, 11) is 0. The first-order valence-corrected chi connectivity index (χ1v) is 12.8. The van der Waals surface area contributed by atoms with Gasteiger partial charge in [0.05, 0.1) is 31.2 Å². The van der Waals surface area contributed by atoms with Gasteiger partial charge < -0.3 is 30.1 Å². The van der Waals surface area contributed by atoms with Gasteiger partial charge in [0, 0.05) is 12.7 Å². The standard InChI is InChI=1S/C29H32N4O6/c34-27(32-25(16-28(35)36)22-11-5-2-6-12-22)20-38-24-15-23(17-31-26-13-7-8-14-30-26)33(18-24)29(37)39-19-21-9-3-1-4-10-21/h1-14,23-25H,15-20H2,(H,30,31)(H,32,34)(H,35,36)/t23-,24+,25+/m0/s1. The van der Waals surface area contributed by atoms with Crippen LogP contribution in [0.15, 0.2) is 85.1 Å². The molecule has 2 amide bonds. The minimum absolute atomic E-state index is 0.148. The van der Waals surface area contributed by atoms with E-state index in [1.807, 2.05) is 54.6 Å². The fourth-order valence-corrected chi connectivity index (χ4v) is 4.45. The van der Waals surface area contributed by atoms with E-state index >= 15 is 0 Å². The number of anilines is 1. The van der Waals surface area contributed by atoms with Crippen LogP contribution in [0.4, 0.5) is 10.6 Å². The lowest BCUT2D eigenvalue weighted by molar-refractivity contribution is -0.138. The summed E-state index contributed by atoms with van der Waals surface area (Å²) in [6.07, 6.45) is 1.06. The number of amides is 2. The Hall–Kier alpha value is -4.44. The lowest BCUT2D eigenvalue weighted by Gasteiger charge is -2.24. The third-order valence-electron chi connectivity index (χ3n) is 6.37. The van der Waals surface area contributed by atoms with Gasteiger partial charge in [0.1, 0.15) is 19.0 Å². The lowest BCUT2D eigenvalue weighted by atomic mass is 10.0.